The van der Waals surface area contributed by atoms with Crippen molar-refractivity contribution in [2.24, 2.45) is 5.73 Å². The van der Waals surface area contributed by atoms with Crippen molar-refractivity contribution < 1.29 is 4.79 Å². The molecule has 1 amide bonds. The number of nitrogens with two attached hydrogens (primary N) is 1. The maximum atomic E-state index is 12.1. The van der Waals surface area contributed by atoms with E-state index >= 15 is 0 Å². The monoisotopic (exact) mass is 331 g/mol. The van der Waals surface area contributed by atoms with Crippen LogP contribution >= 0.6 is 11.3 Å². The van der Waals surface area contributed by atoms with E-state index in [4.69, 9.17) is 5.73 Å². The van der Waals surface area contributed by atoms with Gasteiger partial charge in [0, 0.05) is 26.7 Å². The molecule has 0 unspecified atom stereocenters. The Morgan fingerprint density at radius 1 is 1.48 bits per heavy atom. The Morgan fingerprint density at radius 3 is 2.87 bits per heavy atom. The van der Waals surface area contributed by atoms with Gasteiger partial charge in [-0.05, 0) is 25.1 Å². The van der Waals surface area contributed by atoms with E-state index in [1.54, 1.807) is 0 Å². The van der Waals surface area contributed by atoms with E-state index in [0.29, 0.717) is 16.6 Å². The normalized spacial score (nSPS) is 18.8. The Balaban J connectivity index is 2.08. The van der Waals surface area contributed by atoms with E-state index in [1.165, 1.54) is 11.3 Å². The summed E-state index contributed by atoms with van der Waals surface area (Å²) in [7, 11) is 3.80. The van der Waals surface area contributed by atoms with Crippen LogP contribution in [-0.2, 0) is 4.79 Å². The molecule has 122 valence electrons. The average molecular weight is 331 g/mol. The summed E-state index contributed by atoms with van der Waals surface area (Å²) in [5, 5.41) is 7.14. The van der Waals surface area contributed by atoms with E-state index < -0.39 is 5.91 Å². The zero-order valence-electron chi connectivity index (χ0n) is 13.3. The summed E-state index contributed by atoms with van der Waals surface area (Å²) in [6.45, 7) is 1.88. The van der Waals surface area contributed by atoms with Gasteiger partial charge in [-0.25, -0.2) is 4.98 Å². The number of fused-ring (bicyclic) bond motifs is 1. The number of para-hydroxylation sites is 1. The van der Waals surface area contributed by atoms with Crippen molar-refractivity contribution in [2.75, 3.05) is 27.2 Å². The molecule has 0 aliphatic carbocycles. The largest absolute Gasteiger partial charge is 0.374 e. The number of primary amides is 1. The zero-order valence-corrected chi connectivity index (χ0v) is 14.1. The highest BCUT2D eigenvalue weighted by Gasteiger charge is 2.26. The van der Waals surface area contributed by atoms with Crippen LogP contribution in [0.4, 0.5) is 0 Å². The van der Waals surface area contributed by atoms with E-state index in [9.17, 15) is 4.79 Å². The summed E-state index contributed by atoms with van der Waals surface area (Å²) >= 11 is 1.49. The van der Waals surface area contributed by atoms with Gasteiger partial charge in [0.15, 0.2) is 0 Å². The molecule has 0 saturated carbocycles. The third-order valence-electron chi connectivity index (χ3n) is 4.16. The molecule has 3 rings (SSSR count). The molecule has 0 bridgehead atoms. The third kappa shape index (κ3) is 3.02. The van der Waals surface area contributed by atoms with E-state index in [0.717, 1.165) is 35.5 Å². The zero-order chi connectivity index (χ0) is 16.4. The molecule has 2 aromatic rings. The lowest BCUT2D eigenvalue weighted by molar-refractivity contribution is -0.112. The average Bonchev–Trinajstić information content (AvgIpc) is 3.20. The van der Waals surface area contributed by atoms with E-state index in [-0.39, 0.29) is 0 Å². The lowest BCUT2D eigenvalue weighted by Gasteiger charge is -2.29. The summed E-state index contributed by atoms with van der Waals surface area (Å²) in [4.78, 5) is 18.8. The standard InChI is InChI=1S/C16H21N5OS/c1-18-15(21(2)10-7-8-19-9-10)13(14(17)22)16-20-11-5-3-4-6-12(11)23-16/h3-6,10,18-19H,7-9H2,1-2H3,(H2,17,22)/b15-13-/t10-/m0/s1. The van der Waals surface area contributed by atoms with Gasteiger partial charge in [0.05, 0.1) is 10.2 Å². The highest BCUT2D eigenvalue weighted by molar-refractivity contribution is 7.19. The fourth-order valence-corrected chi connectivity index (χ4v) is 3.95. The number of amides is 1. The second-order valence-electron chi connectivity index (χ2n) is 5.58. The predicted molar refractivity (Wildman–Crippen MR) is 93.8 cm³/mol. The first-order valence-electron chi connectivity index (χ1n) is 7.63. The van der Waals surface area contributed by atoms with Gasteiger partial charge >= 0.3 is 0 Å². The number of thiazole rings is 1. The Morgan fingerprint density at radius 2 is 2.26 bits per heavy atom. The van der Waals surface area contributed by atoms with Crippen molar-refractivity contribution in [1.29, 1.82) is 0 Å². The SMILES string of the molecule is CN/C(=C(\C(N)=O)c1nc2ccccc2s1)N(C)[C@H]1CCNC1. The van der Waals surface area contributed by atoms with E-state index in [2.05, 4.69) is 20.5 Å². The van der Waals surface area contributed by atoms with Crippen molar-refractivity contribution >= 4 is 33.0 Å². The summed E-state index contributed by atoms with van der Waals surface area (Å²) in [5.74, 6) is 0.261. The maximum Gasteiger partial charge on any atom is 0.255 e. The number of carbonyl (C=O) groups is 1. The second kappa shape index (κ2) is 6.55. The van der Waals surface area contributed by atoms with Crippen molar-refractivity contribution in [3.63, 3.8) is 0 Å². The quantitative estimate of drug-likeness (QED) is 0.711. The van der Waals surface area contributed by atoms with E-state index in [1.807, 2.05) is 38.4 Å². The predicted octanol–water partition coefficient (Wildman–Crippen LogP) is 0.963. The minimum atomic E-state index is -0.466. The molecular formula is C16H21N5OS. The summed E-state index contributed by atoms with van der Waals surface area (Å²) < 4.78 is 1.04. The number of hydrogen-bond acceptors (Lipinski definition) is 6. The molecule has 1 saturated heterocycles. The van der Waals surface area contributed by atoms with Crippen LogP contribution < -0.4 is 16.4 Å². The number of likely N-dealkylation sites (N-methyl/N-ethyl adjacent to an activating group) is 1. The Hall–Kier alpha value is -2.12. The minimum Gasteiger partial charge on any atom is -0.374 e. The van der Waals surface area contributed by atoms with Crippen molar-refractivity contribution in [2.45, 2.75) is 12.5 Å². The van der Waals surface area contributed by atoms with Gasteiger partial charge in [0.1, 0.15) is 16.4 Å². The van der Waals surface area contributed by atoms with Crippen LogP contribution in [0.3, 0.4) is 0 Å². The molecule has 0 radical (unpaired) electrons. The molecule has 1 fully saturated rings. The van der Waals surface area contributed by atoms with Gasteiger partial charge in [0.2, 0.25) is 0 Å². The Labute approximate surface area is 139 Å². The molecule has 6 nitrogen and oxygen atoms in total. The molecule has 1 aromatic carbocycles. The summed E-state index contributed by atoms with van der Waals surface area (Å²) in [5.41, 5.74) is 7.02. The topological polar surface area (TPSA) is 83.3 Å². The Bertz CT molecular complexity index is 715. The summed E-state index contributed by atoms with van der Waals surface area (Å²) in [6.07, 6.45) is 1.04. The third-order valence-corrected chi connectivity index (χ3v) is 5.22. The molecule has 4 N–H and O–H groups in total. The molecule has 1 atom stereocenters. The molecule has 0 spiro atoms. The van der Waals surface area contributed by atoms with Crippen LogP contribution in [0, 0.1) is 0 Å². The summed E-state index contributed by atoms with van der Waals surface area (Å²) in [6, 6.07) is 8.18. The molecule has 2 heterocycles. The highest BCUT2D eigenvalue weighted by Crippen LogP contribution is 2.29. The van der Waals surface area contributed by atoms with Crippen molar-refractivity contribution in [3.05, 3.63) is 35.1 Å². The minimum absolute atomic E-state index is 0.334. The van der Waals surface area contributed by atoms with Crippen molar-refractivity contribution in [1.82, 2.24) is 20.5 Å². The molecule has 1 aliphatic rings. The number of nitrogens with one attached hydrogen (secondary N) is 2. The Kier molecular flexibility index (Phi) is 4.49. The highest BCUT2D eigenvalue weighted by atomic mass is 32.1. The maximum absolute atomic E-state index is 12.1. The van der Waals surface area contributed by atoms with Crippen LogP contribution in [-0.4, -0.2) is 49.0 Å². The number of carbonyl (C=O) groups excluding carboxylic acids is 1. The molecule has 1 aromatic heterocycles. The first-order valence-corrected chi connectivity index (χ1v) is 8.44. The van der Waals surface area contributed by atoms with Crippen molar-refractivity contribution in [3.8, 4) is 0 Å². The fourth-order valence-electron chi connectivity index (χ4n) is 2.93. The van der Waals surface area contributed by atoms with Crippen LogP contribution in [0.2, 0.25) is 0 Å². The number of nitrogens with zero attached hydrogens (tertiary/aromatic N) is 2. The molecule has 1 aliphatic heterocycles. The van der Waals surface area contributed by atoms with Gasteiger partial charge in [-0.2, -0.15) is 0 Å². The van der Waals surface area contributed by atoms with Gasteiger partial charge in [-0.3, -0.25) is 4.79 Å². The number of rotatable bonds is 5. The van der Waals surface area contributed by atoms with Gasteiger partial charge < -0.3 is 21.3 Å². The van der Waals surface area contributed by atoms with Gasteiger partial charge in [-0.1, -0.05) is 12.1 Å². The lowest BCUT2D eigenvalue weighted by Crippen LogP contribution is -2.39. The van der Waals surface area contributed by atoms with Crippen LogP contribution in [0.1, 0.15) is 11.4 Å². The molecule has 23 heavy (non-hydrogen) atoms. The van der Waals surface area contributed by atoms with Gasteiger partial charge in [-0.15, -0.1) is 11.3 Å². The molecule has 7 heteroatoms. The smallest absolute Gasteiger partial charge is 0.255 e. The van der Waals surface area contributed by atoms with Crippen LogP contribution in [0.5, 0.6) is 0 Å². The van der Waals surface area contributed by atoms with Gasteiger partial charge in [0.25, 0.3) is 5.91 Å². The number of aromatic nitrogens is 1. The molecular weight excluding hydrogens is 310 g/mol. The second-order valence-corrected chi connectivity index (χ2v) is 6.61. The number of hydrogen-bond donors (Lipinski definition) is 3. The first kappa shape index (κ1) is 15.8. The fraction of sp³-hybridized carbons (Fsp3) is 0.375. The number of benzene rings is 1. The first-order chi connectivity index (χ1) is 11.1. The lowest BCUT2D eigenvalue weighted by atomic mass is 10.2. The van der Waals surface area contributed by atoms with Crippen LogP contribution in [0.15, 0.2) is 30.1 Å². The van der Waals surface area contributed by atoms with Crippen LogP contribution in [0.25, 0.3) is 15.8 Å².